The van der Waals surface area contributed by atoms with Crippen molar-refractivity contribution in [2.75, 3.05) is 18.4 Å². The zero-order chi connectivity index (χ0) is 31.4. The number of nitrogens with zero attached hydrogens (tertiary/aromatic N) is 3. The Balaban J connectivity index is 1.50. The summed E-state index contributed by atoms with van der Waals surface area (Å²) in [5.41, 5.74) is 7.07. The molecule has 0 spiro atoms. The first-order valence-electron chi connectivity index (χ1n) is 14.3. The van der Waals surface area contributed by atoms with Crippen LogP contribution >= 0.6 is 0 Å². The molecule has 1 aliphatic rings. The maximum atomic E-state index is 14.0. The van der Waals surface area contributed by atoms with Crippen molar-refractivity contribution in [1.29, 1.82) is 0 Å². The van der Waals surface area contributed by atoms with Gasteiger partial charge in [-0.2, -0.15) is 13.2 Å². The third-order valence-corrected chi connectivity index (χ3v) is 7.31. The minimum atomic E-state index is -4.71. The lowest BCUT2D eigenvalue weighted by Crippen LogP contribution is -2.41. The van der Waals surface area contributed by atoms with E-state index in [4.69, 9.17) is 10.5 Å². The van der Waals surface area contributed by atoms with Gasteiger partial charge in [0.2, 0.25) is 11.9 Å². The lowest BCUT2D eigenvalue weighted by atomic mass is 9.89. The quantitative estimate of drug-likeness (QED) is 0.293. The van der Waals surface area contributed by atoms with Crippen LogP contribution < -0.4 is 11.1 Å². The number of nitrogens with one attached hydrogen (secondary N) is 1. The molecule has 2 aromatic carbocycles. The van der Waals surface area contributed by atoms with Gasteiger partial charge in [-0.05, 0) is 76.1 Å². The van der Waals surface area contributed by atoms with Gasteiger partial charge in [-0.1, -0.05) is 42.0 Å². The fourth-order valence-electron chi connectivity index (χ4n) is 5.31. The van der Waals surface area contributed by atoms with Gasteiger partial charge in [0.05, 0.1) is 11.3 Å². The fourth-order valence-corrected chi connectivity index (χ4v) is 5.31. The molecule has 1 aromatic heterocycles. The summed E-state index contributed by atoms with van der Waals surface area (Å²) in [5.74, 6) is -1.36. The number of halogens is 3. The molecule has 1 saturated heterocycles. The maximum absolute atomic E-state index is 14.0. The Morgan fingerprint density at radius 1 is 1.09 bits per heavy atom. The summed E-state index contributed by atoms with van der Waals surface area (Å²) in [4.78, 5) is 34.2. The number of aryl methyl sites for hydroxylation is 1. The molecular weight excluding hydrogens is 559 g/mol. The molecule has 3 aromatic rings. The zero-order valence-corrected chi connectivity index (χ0v) is 24.9. The Labute approximate surface area is 249 Å². The van der Waals surface area contributed by atoms with Gasteiger partial charge >= 0.3 is 12.3 Å². The number of likely N-dealkylation sites (tertiary alicyclic amines) is 1. The predicted molar refractivity (Wildman–Crippen MR) is 158 cm³/mol. The van der Waals surface area contributed by atoms with Gasteiger partial charge in [0.25, 0.3) is 0 Å². The molecule has 11 heteroatoms. The average Bonchev–Trinajstić information content (AvgIpc) is 2.91. The van der Waals surface area contributed by atoms with Gasteiger partial charge < -0.3 is 20.7 Å². The highest BCUT2D eigenvalue weighted by Crippen LogP contribution is 2.37. The number of nitrogens with two attached hydrogens (primary N) is 1. The summed E-state index contributed by atoms with van der Waals surface area (Å²) >= 11 is 0. The lowest BCUT2D eigenvalue weighted by Gasteiger charge is -2.33. The second-order valence-electron chi connectivity index (χ2n) is 12.0. The van der Waals surface area contributed by atoms with E-state index in [9.17, 15) is 22.8 Å². The smallest absolute Gasteiger partial charge is 0.419 e. The number of alkyl halides is 3. The van der Waals surface area contributed by atoms with Crippen LogP contribution in [0, 0.1) is 6.92 Å². The first kappa shape index (κ1) is 31.8. The zero-order valence-electron chi connectivity index (χ0n) is 24.9. The van der Waals surface area contributed by atoms with Crippen molar-refractivity contribution in [3.05, 3.63) is 82.7 Å². The lowest BCUT2D eigenvalue weighted by molar-refractivity contribution is -0.139. The second kappa shape index (κ2) is 13.0. The number of carbonyl (C=O) groups excluding carboxylic acids is 2. The summed E-state index contributed by atoms with van der Waals surface area (Å²) in [6.07, 6.45) is -2.82. The minimum Gasteiger partial charge on any atom is -0.444 e. The molecule has 4 rings (SSSR count). The molecule has 8 nitrogen and oxygen atoms in total. The normalized spacial score (nSPS) is 15.2. The molecule has 2 heterocycles. The highest BCUT2D eigenvalue weighted by atomic mass is 19.4. The van der Waals surface area contributed by atoms with Gasteiger partial charge in [0.1, 0.15) is 5.60 Å². The van der Waals surface area contributed by atoms with Crippen molar-refractivity contribution in [3.63, 3.8) is 0 Å². The number of carbonyl (C=O) groups is 2. The van der Waals surface area contributed by atoms with Crippen LogP contribution in [0.4, 0.5) is 29.6 Å². The number of amides is 2. The third-order valence-electron chi connectivity index (χ3n) is 7.31. The van der Waals surface area contributed by atoms with Crippen LogP contribution in [-0.4, -0.2) is 45.6 Å². The predicted octanol–water partition coefficient (Wildman–Crippen LogP) is 6.86. The monoisotopic (exact) mass is 597 g/mol. The Morgan fingerprint density at radius 3 is 2.35 bits per heavy atom. The molecule has 0 radical (unpaired) electrons. The van der Waals surface area contributed by atoms with Crippen molar-refractivity contribution in [2.24, 2.45) is 5.73 Å². The van der Waals surface area contributed by atoms with Crippen molar-refractivity contribution < 1.29 is 27.5 Å². The second-order valence-corrected chi connectivity index (χ2v) is 12.0. The first-order chi connectivity index (χ1) is 20.2. The standard InChI is InChI=1S/C32H38F3N5O3/c1-20-6-5-7-21(16-20)17-24(18-27(36)41)28-26(32(33,34)35)19-37-29(39-28)38-25-10-8-22(9-11-25)23-12-14-40(15-13-23)30(42)43-31(2,3)4/h5-11,16,19,23-24H,12-15,17-18H2,1-4H3,(H2,36,41)(H,37,38,39). The Morgan fingerprint density at radius 2 is 1.77 bits per heavy atom. The van der Waals surface area contributed by atoms with Gasteiger partial charge in [0.15, 0.2) is 0 Å². The largest absolute Gasteiger partial charge is 0.444 e. The first-order valence-corrected chi connectivity index (χ1v) is 14.3. The van der Waals surface area contributed by atoms with Gasteiger partial charge in [0, 0.05) is 37.3 Å². The third kappa shape index (κ3) is 8.92. The summed E-state index contributed by atoms with van der Waals surface area (Å²) in [7, 11) is 0. The molecule has 0 saturated carbocycles. The maximum Gasteiger partial charge on any atom is 0.419 e. The molecule has 3 N–H and O–H groups in total. The average molecular weight is 598 g/mol. The van der Waals surface area contributed by atoms with Crippen LogP contribution in [0.1, 0.15) is 79.8 Å². The summed E-state index contributed by atoms with van der Waals surface area (Å²) in [6, 6.07) is 14.9. The molecule has 43 heavy (non-hydrogen) atoms. The number of aromatic nitrogens is 2. The molecule has 1 atom stereocenters. The van der Waals surface area contributed by atoms with Crippen LogP contribution in [-0.2, 0) is 22.1 Å². The Kier molecular flexibility index (Phi) is 9.62. The van der Waals surface area contributed by atoms with Crippen molar-refractivity contribution in [3.8, 4) is 0 Å². The Bertz CT molecular complexity index is 1430. The number of anilines is 2. The highest BCUT2D eigenvalue weighted by molar-refractivity contribution is 5.75. The number of piperidine rings is 1. The van der Waals surface area contributed by atoms with Crippen molar-refractivity contribution >= 4 is 23.6 Å². The van der Waals surface area contributed by atoms with E-state index >= 15 is 0 Å². The van der Waals surface area contributed by atoms with Gasteiger partial charge in [-0.3, -0.25) is 4.79 Å². The SMILES string of the molecule is Cc1cccc(CC(CC(N)=O)c2nc(Nc3ccc(C4CCN(C(=O)OC(C)(C)C)CC4)cc3)ncc2C(F)(F)F)c1. The number of benzene rings is 2. The number of ether oxygens (including phenoxy) is 1. The molecular formula is C32H38F3N5O3. The summed E-state index contributed by atoms with van der Waals surface area (Å²) < 4.78 is 47.5. The summed E-state index contributed by atoms with van der Waals surface area (Å²) in [5, 5.41) is 3.00. The molecule has 1 fully saturated rings. The molecule has 0 aliphatic carbocycles. The van der Waals surface area contributed by atoms with Crippen LogP contribution in [0.2, 0.25) is 0 Å². The van der Waals surface area contributed by atoms with Crippen LogP contribution in [0.25, 0.3) is 0 Å². The Hall–Kier alpha value is -4.15. The minimum absolute atomic E-state index is 0.0138. The van der Waals surface area contributed by atoms with E-state index in [1.165, 1.54) is 0 Å². The number of hydrogen-bond donors (Lipinski definition) is 2. The fraction of sp³-hybridized carbons (Fsp3) is 0.438. The van der Waals surface area contributed by atoms with E-state index in [0.29, 0.717) is 18.8 Å². The highest BCUT2D eigenvalue weighted by Gasteiger charge is 2.37. The molecule has 1 aliphatic heterocycles. The van der Waals surface area contributed by atoms with Gasteiger partial charge in [-0.25, -0.2) is 14.8 Å². The molecule has 230 valence electrons. The summed E-state index contributed by atoms with van der Waals surface area (Å²) in [6.45, 7) is 8.60. The van der Waals surface area contributed by atoms with Crippen LogP contribution in [0.3, 0.4) is 0 Å². The van der Waals surface area contributed by atoms with E-state index in [-0.39, 0.29) is 36.5 Å². The number of rotatable bonds is 8. The molecule has 2 amide bonds. The van der Waals surface area contributed by atoms with Crippen molar-refractivity contribution in [1.82, 2.24) is 14.9 Å². The topological polar surface area (TPSA) is 110 Å². The van der Waals surface area contributed by atoms with E-state index < -0.39 is 29.2 Å². The van der Waals surface area contributed by atoms with Crippen LogP contribution in [0.5, 0.6) is 0 Å². The van der Waals surface area contributed by atoms with Crippen LogP contribution in [0.15, 0.2) is 54.7 Å². The van der Waals surface area contributed by atoms with E-state index in [1.54, 1.807) is 11.0 Å². The van der Waals surface area contributed by atoms with E-state index in [0.717, 1.165) is 35.7 Å². The number of primary amides is 1. The van der Waals surface area contributed by atoms with Crippen molar-refractivity contribution in [2.45, 2.75) is 77.0 Å². The number of hydrogen-bond acceptors (Lipinski definition) is 6. The molecule has 0 bridgehead atoms. The molecule has 1 unspecified atom stereocenters. The van der Waals surface area contributed by atoms with E-state index in [2.05, 4.69) is 15.3 Å². The van der Waals surface area contributed by atoms with E-state index in [1.807, 2.05) is 70.2 Å². The van der Waals surface area contributed by atoms with Gasteiger partial charge in [-0.15, -0.1) is 0 Å².